The van der Waals surface area contributed by atoms with E-state index >= 15 is 4.39 Å². The van der Waals surface area contributed by atoms with Gasteiger partial charge >= 0.3 is 0 Å². The van der Waals surface area contributed by atoms with Gasteiger partial charge in [-0.1, -0.05) is 13.8 Å². The number of carbonyl (C=O) groups excluding carboxylic acids is 1. The number of nitrogens with one attached hydrogen (secondary N) is 1. The molecular formula is C25H33FN2O3. The van der Waals surface area contributed by atoms with Crippen LogP contribution in [0.5, 0.6) is 5.75 Å². The molecule has 4 bridgehead atoms. The van der Waals surface area contributed by atoms with Crippen molar-refractivity contribution in [2.45, 2.75) is 95.9 Å². The molecule has 3 unspecified atom stereocenters. The number of nitrogens with zero attached hydrogens (tertiary/aromatic N) is 1. The van der Waals surface area contributed by atoms with Gasteiger partial charge in [0.05, 0.1) is 11.7 Å². The van der Waals surface area contributed by atoms with Gasteiger partial charge < -0.3 is 19.7 Å². The predicted octanol–water partition coefficient (Wildman–Crippen LogP) is 4.88. The summed E-state index contributed by atoms with van der Waals surface area (Å²) in [5.74, 6) is -0.126. The van der Waals surface area contributed by atoms with Gasteiger partial charge in [0, 0.05) is 35.6 Å². The van der Waals surface area contributed by atoms with Crippen LogP contribution in [0.15, 0.2) is 18.3 Å². The molecule has 4 aliphatic rings. The largest absolute Gasteiger partial charge is 0.488 e. The van der Waals surface area contributed by atoms with E-state index in [0.717, 1.165) is 24.8 Å². The van der Waals surface area contributed by atoms with Crippen LogP contribution in [-0.2, 0) is 4.79 Å². The summed E-state index contributed by atoms with van der Waals surface area (Å²) in [5.41, 5.74) is 1.07. The zero-order valence-electron chi connectivity index (χ0n) is 18.9. The van der Waals surface area contributed by atoms with Gasteiger partial charge in [0.25, 0.3) is 0 Å². The number of hydrogen-bond donors (Lipinski definition) is 2. The fourth-order valence-electron chi connectivity index (χ4n) is 6.91. The molecule has 6 heteroatoms. The van der Waals surface area contributed by atoms with Gasteiger partial charge in [-0.05, 0) is 75.0 Å². The van der Waals surface area contributed by atoms with Crippen LogP contribution in [0.25, 0.3) is 10.9 Å². The van der Waals surface area contributed by atoms with E-state index in [1.54, 1.807) is 6.07 Å². The summed E-state index contributed by atoms with van der Waals surface area (Å²) in [7, 11) is 0. The number of aromatic amines is 1. The van der Waals surface area contributed by atoms with Crippen LogP contribution in [0, 0.1) is 11.2 Å². The molecule has 2 aliphatic carbocycles. The lowest BCUT2D eigenvalue weighted by atomic mass is 9.54. The van der Waals surface area contributed by atoms with Crippen LogP contribution < -0.4 is 4.74 Å². The molecule has 0 spiro atoms. The van der Waals surface area contributed by atoms with Crippen LogP contribution in [0.3, 0.4) is 0 Å². The topological polar surface area (TPSA) is 65.6 Å². The summed E-state index contributed by atoms with van der Waals surface area (Å²) in [5, 5.41) is 11.5. The maximum absolute atomic E-state index is 15.2. The number of amides is 1. The van der Waals surface area contributed by atoms with Gasteiger partial charge in [-0.3, -0.25) is 4.79 Å². The molecule has 0 radical (unpaired) electrons. The lowest BCUT2D eigenvalue weighted by Gasteiger charge is -2.63. The summed E-state index contributed by atoms with van der Waals surface area (Å²) in [6.45, 7) is 7.99. The van der Waals surface area contributed by atoms with E-state index in [1.807, 2.05) is 33.0 Å². The molecule has 31 heavy (non-hydrogen) atoms. The molecule has 5 nitrogen and oxygen atoms in total. The van der Waals surface area contributed by atoms with Gasteiger partial charge in [0.2, 0.25) is 5.91 Å². The van der Waals surface area contributed by atoms with Crippen molar-refractivity contribution in [1.29, 1.82) is 0 Å². The molecular weight excluding hydrogens is 395 g/mol. The Balaban J connectivity index is 1.38. The Labute approximate surface area is 183 Å². The Morgan fingerprint density at radius 2 is 1.94 bits per heavy atom. The third kappa shape index (κ3) is 3.43. The van der Waals surface area contributed by atoms with E-state index in [4.69, 9.17) is 4.74 Å². The number of H-pyrrole nitrogens is 1. The zero-order chi connectivity index (χ0) is 22.1. The highest BCUT2D eigenvalue weighted by Crippen LogP contribution is 2.57. The monoisotopic (exact) mass is 428 g/mol. The number of piperidine rings is 2. The molecule has 2 aromatic rings. The maximum Gasteiger partial charge on any atom is 0.223 e. The lowest BCUT2D eigenvalue weighted by molar-refractivity contribution is -0.193. The first kappa shape index (κ1) is 20.8. The van der Waals surface area contributed by atoms with Crippen molar-refractivity contribution in [3.8, 4) is 5.75 Å². The molecule has 2 N–H and O–H groups in total. The molecule has 1 amide bonds. The van der Waals surface area contributed by atoms with Crippen molar-refractivity contribution in [3.63, 3.8) is 0 Å². The quantitative estimate of drug-likeness (QED) is 0.713. The van der Waals surface area contributed by atoms with Crippen molar-refractivity contribution in [1.82, 2.24) is 9.88 Å². The molecule has 2 saturated heterocycles. The van der Waals surface area contributed by atoms with Gasteiger partial charge in [0.1, 0.15) is 0 Å². The summed E-state index contributed by atoms with van der Waals surface area (Å²) in [4.78, 5) is 18.6. The van der Waals surface area contributed by atoms with Gasteiger partial charge in [-0.25, -0.2) is 4.39 Å². The number of halogens is 1. The first-order chi connectivity index (χ1) is 14.6. The zero-order valence-corrected chi connectivity index (χ0v) is 18.9. The smallest absolute Gasteiger partial charge is 0.223 e. The van der Waals surface area contributed by atoms with Crippen molar-refractivity contribution >= 4 is 16.8 Å². The summed E-state index contributed by atoms with van der Waals surface area (Å²) < 4.78 is 20.9. The number of benzene rings is 1. The second-order valence-corrected chi connectivity index (χ2v) is 11.0. The molecule has 1 aromatic carbocycles. The van der Waals surface area contributed by atoms with Crippen LogP contribution in [0.1, 0.15) is 77.7 Å². The molecule has 3 heterocycles. The fraction of sp³-hybridized carbons (Fsp3) is 0.640. The maximum atomic E-state index is 15.2. The van der Waals surface area contributed by atoms with Crippen molar-refractivity contribution in [2.24, 2.45) is 5.41 Å². The van der Waals surface area contributed by atoms with E-state index in [9.17, 15) is 9.90 Å². The van der Waals surface area contributed by atoms with E-state index in [-0.39, 0.29) is 47.0 Å². The normalized spacial score (nSPS) is 32.8. The second-order valence-electron chi connectivity index (χ2n) is 11.0. The Kier molecular flexibility index (Phi) is 4.67. The Bertz CT molecular complexity index is 993. The van der Waals surface area contributed by atoms with Gasteiger partial charge in [-0.2, -0.15) is 0 Å². The fourth-order valence-corrected chi connectivity index (χ4v) is 6.91. The number of rotatable bonds is 5. The molecule has 1 aromatic heterocycles. The van der Waals surface area contributed by atoms with Crippen molar-refractivity contribution < 1.29 is 19.0 Å². The van der Waals surface area contributed by atoms with Crippen molar-refractivity contribution in [3.05, 3.63) is 29.7 Å². The van der Waals surface area contributed by atoms with Crippen LogP contribution in [-0.4, -0.2) is 44.7 Å². The minimum atomic E-state index is -0.601. The number of fused-ring (bicyclic) bond motifs is 1. The van der Waals surface area contributed by atoms with Crippen LogP contribution >= 0.6 is 0 Å². The van der Waals surface area contributed by atoms with Crippen molar-refractivity contribution in [2.75, 3.05) is 0 Å². The third-order valence-electron chi connectivity index (χ3n) is 7.67. The highest BCUT2D eigenvalue weighted by atomic mass is 19.1. The highest BCUT2D eigenvalue weighted by Gasteiger charge is 2.59. The summed E-state index contributed by atoms with van der Waals surface area (Å²) >= 11 is 0. The molecule has 2 aliphatic heterocycles. The number of hydrogen-bond acceptors (Lipinski definition) is 3. The van der Waals surface area contributed by atoms with Gasteiger partial charge in [0.15, 0.2) is 11.6 Å². The molecule has 3 atom stereocenters. The van der Waals surface area contributed by atoms with Crippen LogP contribution in [0.2, 0.25) is 0 Å². The van der Waals surface area contributed by atoms with Crippen LogP contribution in [0.4, 0.5) is 4.39 Å². The predicted molar refractivity (Wildman–Crippen MR) is 118 cm³/mol. The summed E-state index contributed by atoms with van der Waals surface area (Å²) in [6.07, 6.45) is 6.24. The molecule has 2 saturated carbocycles. The summed E-state index contributed by atoms with van der Waals surface area (Å²) in [6, 6.07) is 3.74. The average molecular weight is 429 g/mol. The average Bonchev–Trinajstić information content (AvgIpc) is 3.06. The van der Waals surface area contributed by atoms with E-state index in [1.165, 1.54) is 0 Å². The van der Waals surface area contributed by atoms with Gasteiger partial charge in [-0.15, -0.1) is 0 Å². The third-order valence-corrected chi connectivity index (χ3v) is 7.67. The Morgan fingerprint density at radius 3 is 2.55 bits per heavy atom. The first-order valence-electron chi connectivity index (χ1n) is 11.6. The van der Waals surface area contributed by atoms with E-state index < -0.39 is 5.60 Å². The first-order valence-corrected chi connectivity index (χ1v) is 11.6. The number of aromatic nitrogens is 1. The minimum Gasteiger partial charge on any atom is -0.488 e. The minimum absolute atomic E-state index is 0.116. The standard InChI is InChI=1S/C25H33FN2O3/c1-14(2)31-20-6-5-19-22(23(20)26)18(12-27-19)15(3)7-21(29)28-16-8-24(4)9-17(28)11-25(30,10-16)13-24/h5-6,12,14-17,27,30H,7-11,13H2,1-4H3. The molecule has 168 valence electrons. The highest BCUT2D eigenvalue weighted by molar-refractivity contribution is 5.87. The second kappa shape index (κ2) is 6.96. The lowest BCUT2D eigenvalue weighted by Crippen LogP contribution is -2.68. The van der Waals surface area contributed by atoms with E-state index in [0.29, 0.717) is 30.2 Å². The number of carbonyl (C=O) groups is 1. The number of ether oxygens (including phenoxy) is 1. The van der Waals surface area contributed by atoms with E-state index in [2.05, 4.69) is 16.8 Å². The number of aliphatic hydroxyl groups is 1. The SMILES string of the molecule is CC(C)Oc1ccc2[nH]cc(C(C)CC(=O)N3C4CC5(C)CC3CC(O)(C4)C5)c2c1F. The molecule has 6 rings (SSSR count). The Morgan fingerprint density at radius 1 is 1.26 bits per heavy atom. The molecule has 4 fully saturated rings. The Hall–Kier alpha value is -2.08.